The summed E-state index contributed by atoms with van der Waals surface area (Å²) in [6, 6.07) is 10.3. The molecule has 1 aliphatic rings. The molecule has 0 unspecified atom stereocenters. The standard InChI is InChI=1S/C25H27F2N3O3S2/c1-4-35(32,33)18-8-5-16(6-9-18)12-22(31)28-25-29-23-21(34-25)14-30(24(23)15(2)3)13-17-7-10-19(26)20(27)11-17/h5-11,15,24H,4,12-14H2,1-3H3,(H,28,29,31)/t24-/m0/s1. The van der Waals surface area contributed by atoms with Crippen molar-refractivity contribution >= 4 is 32.2 Å². The second-order valence-electron chi connectivity index (χ2n) is 8.94. The third-order valence-electron chi connectivity index (χ3n) is 6.02. The number of hydrogen-bond donors (Lipinski definition) is 1. The Kier molecular flexibility index (Phi) is 7.35. The van der Waals surface area contributed by atoms with Crippen LogP contribution in [0.15, 0.2) is 47.4 Å². The molecule has 0 saturated heterocycles. The van der Waals surface area contributed by atoms with Gasteiger partial charge in [-0.15, -0.1) is 11.3 Å². The maximum atomic E-state index is 13.7. The number of fused-ring (bicyclic) bond motifs is 1. The number of carbonyl (C=O) groups is 1. The summed E-state index contributed by atoms with van der Waals surface area (Å²) in [6.07, 6.45) is 0.104. The van der Waals surface area contributed by atoms with Crippen LogP contribution in [-0.2, 0) is 34.1 Å². The lowest BCUT2D eigenvalue weighted by atomic mass is 10.0. The van der Waals surface area contributed by atoms with Crippen LogP contribution in [0.25, 0.3) is 0 Å². The van der Waals surface area contributed by atoms with E-state index in [-0.39, 0.29) is 34.9 Å². The molecular weight excluding hydrogens is 492 g/mol. The Morgan fingerprint density at radius 3 is 2.46 bits per heavy atom. The van der Waals surface area contributed by atoms with Crippen molar-refractivity contribution < 1.29 is 22.0 Å². The fourth-order valence-corrected chi connectivity index (χ4v) is 6.24. The molecule has 0 radical (unpaired) electrons. The minimum Gasteiger partial charge on any atom is -0.302 e. The molecule has 1 aliphatic heterocycles. The largest absolute Gasteiger partial charge is 0.302 e. The van der Waals surface area contributed by atoms with E-state index >= 15 is 0 Å². The number of hydrogen-bond acceptors (Lipinski definition) is 6. The van der Waals surface area contributed by atoms with Gasteiger partial charge in [-0.05, 0) is 41.3 Å². The molecule has 1 amide bonds. The molecule has 3 aromatic rings. The Morgan fingerprint density at radius 2 is 1.83 bits per heavy atom. The van der Waals surface area contributed by atoms with Gasteiger partial charge < -0.3 is 5.32 Å². The minimum atomic E-state index is -3.28. The summed E-state index contributed by atoms with van der Waals surface area (Å²) in [5, 5.41) is 3.37. The normalized spacial score (nSPS) is 16.0. The lowest BCUT2D eigenvalue weighted by molar-refractivity contribution is -0.115. The van der Waals surface area contributed by atoms with Crippen molar-refractivity contribution in [3.05, 3.63) is 75.8 Å². The van der Waals surface area contributed by atoms with Gasteiger partial charge in [0.1, 0.15) is 0 Å². The van der Waals surface area contributed by atoms with Crippen LogP contribution in [0.5, 0.6) is 0 Å². The average Bonchev–Trinajstić information content (AvgIpc) is 3.32. The number of halogens is 2. The first-order chi connectivity index (χ1) is 16.6. The van der Waals surface area contributed by atoms with Crippen molar-refractivity contribution in [2.45, 2.75) is 51.2 Å². The first-order valence-corrected chi connectivity index (χ1v) is 13.8. The van der Waals surface area contributed by atoms with E-state index < -0.39 is 21.5 Å². The number of anilines is 1. The molecule has 4 rings (SSSR count). The molecule has 0 aliphatic carbocycles. The highest BCUT2D eigenvalue weighted by Gasteiger charge is 2.36. The predicted molar refractivity (Wildman–Crippen MR) is 132 cm³/mol. The van der Waals surface area contributed by atoms with E-state index in [1.807, 2.05) is 0 Å². The highest BCUT2D eigenvalue weighted by molar-refractivity contribution is 7.91. The van der Waals surface area contributed by atoms with Gasteiger partial charge in [-0.1, -0.05) is 39.0 Å². The number of nitrogens with zero attached hydrogens (tertiary/aromatic N) is 2. The van der Waals surface area contributed by atoms with Gasteiger partial charge in [-0.3, -0.25) is 9.69 Å². The monoisotopic (exact) mass is 519 g/mol. The van der Waals surface area contributed by atoms with Gasteiger partial charge in [0, 0.05) is 18.0 Å². The van der Waals surface area contributed by atoms with E-state index in [2.05, 4.69) is 29.0 Å². The van der Waals surface area contributed by atoms with Crippen LogP contribution in [0.3, 0.4) is 0 Å². The summed E-state index contributed by atoms with van der Waals surface area (Å²) in [5.74, 6) is -1.70. The lowest BCUT2D eigenvalue weighted by Gasteiger charge is -2.27. The van der Waals surface area contributed by atoms with Gasteiger partial charge in [-0.25, -0.2) is 22.2 Å². The van der Waals surface area contributed by atoms with Crippen LogP contribution in [0.4, 0.5) is 13.9 Å². The molecule has 0 fully saturated rings. The summed E-state index contributed by atoms with van der Waals surface area (Å²) < 4.78 is 50.9. The van der Waals surface area contributed by atoms with Crippen molar-refractivity contribution in [1.29, 1.82) is 0 Å². The minimum absolute atomic E-state index is 0.00641. The molecule has 0 spiro atoms. The van der Waals surface area contributed by atoms with E-state index in [1.165, 1.54) is 29.5 Å². The van der Waals surface area contributed by atoms with Gasteiger partial charge in [-0.2, -0.15) is 0 Å². The Bertz CT molecular complexity index is 1340. The van der Waals surface area contributed by atoms with Crippen molar-refractivity contribution in [3.8, 4) is 0 Å². The SMILES string of the molecule is CCS(=O)(=O)c1ccc(CC(=O)Nc2nc3c(s2)CN(Cc2ccc(F)c(F)c2)[C@H]3C(C)C)cc1. The Balaban J connectivity index is 1.42. The van der Waals surface area contributed by atoms with E-state index in [1.54, 1.807) is 25.1 Å². The van der Waals surface area contributed by atoms with Crippen LogP contribution < -0.4 is 5.32 Å². The highest BCUT2D eigenvalue weighted by atomic mass is 32.2. The van der Waals surface area contributed by atoms with Crippen LogP contribution in [-0.4, -0.2) is 30.0 Å². The molecule has 1 N–H and O–H groups in total. The first-order valence-electron chi connectivity index (χ1n) is 11.4. The molecule has 35 heavy (non-hydrogen) atoms. The fourth-order valence-electron chi connectivity index (χ4n) is 4.31. The Labute approximate surface area is 207 Å². The number of sulfone groups is 1. The van der Waals surface area contributed by atoms with Crippen molar-refractivity contribution in [2.75, 3.05) is 11.1 Å². The zero-order valence-electron chi connectivity index (χ0n) is 19.7. The van der Waals surface area contributed by atoms with Gasteiger partial charge in [0.2, 0.25) is 5.91 Å². The quantitative estimate of drug-likeness (QED) is 0.448. The summed E-state index contributed by atoms with van der Waals surface area (Å²) >= 11 is 1.41. The van der Waals surface area contributed by atoms with E-state index in [0.717, 1.165) is 16.6 Å². The third kappa shape index (κ3) is 5.60. The number of amides is 1. The van der Waals surface area contributed by atoms with Gasteiger partial charge >= 0.3 is 0 Å². The number of benzene rings is 2. The third-order valence-corrected chi connectivity index (χ3v) is 8.74. The van der Waals surface area contributed by atoms with Crippen LogP contribution in [0.2, 0.25) is 0 Å². The maximum Gasteiger partial charge on any atom is 0.230 e. The predicted octanol–water partition coefficient (Wildman–Crippen LogP) is 5.11. The Hall–Kier alpha value is -2.69. The van der Waals surface area contributed by atoms with Gasteiger partial charge in [0.15, 0.2) is 26.6 Å². The summed E-state index contributed by atoms with van der Waals surface area (Å²) in [5.41, 5.74) is 2.30. The first kappa shape index (κ1) is 25.4. The summed E-state index contributed by atoms with van der Waals surface area (Å²) in [4.78, 5) is 20.7. The van der Waals surface area contributed by atoms with E-state index in [0.29, 0.717) is 29.3 Å². The molecule has 0 saturated carbocycles. The zero-order valence-corrected chi connectivity index (χ0v) is 21.3. The smallest absolute Gasteiger partial charge is 0.230 e. The maximum absolute atomic E-state index is 13.7. The number of aromatic nitrogens is 1. The zero-order chi connectivity index (χ0) is 25.3. The number of thiazole rings is 1. The molecule has 1 aromatic heterocycles. The highest BCUT2D eigenvalue weighted by Crippen LogP contribution is 2.43. The molecule has 6 nitrogen and oxygen atoms in total. The number of rotatable bonds is 8. The van der Waals surface area contributed by atoms with E-state index in [4.69, 9.17) is 0 Å². The molecule has 2 aromatic carbocycles. The second kappa shape index (κ2) is 10.1. The summed E-state index contributed by atoms with van der Waals surface area (Å²) in [6.45, 7) is 6.83. The molecule has 2 heterocycles. The van der Waals surface area contributed by atoms with Gasteiger partial charge in [0.05, 0.1) is 28.8 Å². The lowest BCUT2D eigenvalue weighted by Crippen LogP contribution is -2.26. The molecule has 1 atom stereocenters. The van der Waals surface area contributed by atoms with Crippen molar-refractivity contribution in [1.82, 2.24) is 9.88 Å². The van der Waals surface area contributed by atoms with Crippen molar-refractivity contribution in [3.63, 3.8) is 0 Å². The molecule has 10 heteroatoms. The van der Waals surface area contributed by atoms with Gasteiger partial charge in [0.25, 0.3) is 0 Å². The summed E-state index contributed by atoms with van der Waals surface area (Å²) in [7, 11) is -3.28. The number of nitrogens with one attached hydrogen (secondary N) is 1. The van der Waals surface area contributed by atoms with Crippen LogP contribution in [0.1, 0.15) is 48.5 Å². The molecule has 0 bridgehead atoms. The number of carbonyl (C=O) groups excluding carboxylic acids is 1. The molecular formula is C25H27F2N3O3S2. The van der Waals surface area contributed by atoms with Crippen LogP contribution in [0, 0.1) is 17.6 Å². The topological polar surface area (TPSA) is 79.4 Å². The second-order valence-corrected chi connectivity index (χ2v) is 12.3. The van der Waals surface area contributed by atoms with Crippen LogP contribution >= 0.6 is 11.3 Å². The molecule has 186 valence electrons. The van der Waals surface area contributed by atoms with E-state index in [9.17, 15) is 22.0 Å². The Morgan fingerprint density at radius 1 is 1.14 bits per heavy atom. The average molecular weight is 520 g/mol. The fraction of sp³-hybridized carbons (Fsp3) is 0.360. The van der Waals surface area contributed by atoms with Crippen molar-refractivity contribution in [2.24, 2.45) is 5.92 Å².